The van der Waals surface area contributed by atoms with Crippen LogP contribution < -0.4 is 20.9 Å². The number of benzene rings is 2. The maximum atomic E-state index is 14.1. The molecular weight excluding hydrogens is 373 g/mol. The SMILES string of the molecule is CCNc1nc(Oc2cccc(F)c2F)n(-c2ccc(F)cc2)c(=O)c1NC. The zero-order valence-electron chi connectivity index (χ0n) is 15.1. The molecule has 6 nitrogen and oxygen atoms in total. The van der Waals surface area contributed by atoms with Crippen molar-refractivity contribution in [2.24, 2.45) is 0 Å². The minimum atomic E-state index is -1.22. The number of anilines is 2. The number of aromatic nitrogens is 2. The molecule has 0 fully saturated rings. The van der Waals surface area contributed by atoms with Gasteiger partial charge in [-0.2, -0.15) is 9.37 Å². The Hall–Kier alpha value is -3.49. The standard InChI is InChI=1S/C19H17F3N4O2/c1-3-24-17-16(23-2)18(27)26(12-9-7-11(20)8-10-12)19(25-17)28-14-6-4-5-13(21)15(14)22/h4-10,23-24H,3H2,1-2H3. The smallest absolute Gasteiger partial charge is 0.311 e. The highest BCUT2D eigenvalue weighted by atomic mass is 19.2. The van der Waals surface area contributed by atoms with Gasteiger partial charge in [0.05, 0.1) is 5.69 Å². The molecule has 0 amide bonds. The van der Waals surface area contributed by atoms with Crippen LogP contribution >= 0.6 is 0 Å². The molecule has 0 saturated heterocycles. The summed E-state index contributed by atoms with van der Waals surface area (Å²) in [4.78, 5) is 17.3. The largest absolute Gasteiger partial charge is 0.422 e. The zero-order valence-corrected chi connectivity index (χ0v) is 15.1. The van der Waals surface area contributed by atoms with Crippen LogP contribution in [0.1, 0.15) is 6.92 Å². The van der Waals surface area contributed by atoms with E-state index in [1.54, 1.807) is 14.0 Å². The van der Waals surface area contributed by atoms with Crippen LogP contribution in [0.25, 0.3) is 5.69 Å². The highest BCUT2D eigenvalue weighted by Crippen LogP contribution is 2.28. The predicted octanol–water partition coefficient (Wildman–Crippen LogP) is 3.92. The summed E-state index contributed by atoms with van der Waals surface area (Å²) in [5, 5.41) is 5.67. The molecule has 3 rings (SSSR count). The first-order valence-electron chi connectivity index (χ1n) is 8.42. The third kappa shape index (κ3) is 3.64. The first-order valence-corrected chi connectivity index (χ1v) is 8.42. The molecule has 0 aliphatic rings. The monoisotopic (exact) mass is 390 g/mol. The Bertz CT molecular complexity index is 1050. The lowest BCUT2D eigenvalue weighted by Gasteiger charge is -2.17. The number of nitrogens with one attached hydrogen (secondary N) is 2. The van der Waals surface area contributed by atoms with Gasteiger partial charge in [-0.3, -0.25) is 4.79 Å². The molecule has 3 aromatic rings. The van der Waals surface area contributed by atoms with Crippen molar-refractivity contribution in [1.29, 1.82) is 0 Å². The van der Waals surface area contributed by atoms with Gasteiger partial charge < -0.3 is 15.4 Å². The minimum absolute atomic E-state index is 0.137. The second-order valence-electron chi connectivity index (χ2n) is 5.67. The predicted molar refractivity (Wildman–Crippen MR) is 99.9 cm³/mol. The Morgan fingerprint density at radius 3 is 2.46 bits per heavy atom. The van der Waals surface area contributed by atoms with Crippen molar-refractivity contribution in [3.63, 3.8) is 0 Å². The van der Waals surface area contributed by atoms with E-state index in [1.807, 2.05) is 0 Å². The van der Waals surface area contributed by atoms with Crippen LogP contribution in [-0.2, 0) is 0 Å². The third-order valence-corrected chi connectivity index (χ3v) is 3.85. The second kappa shape index (κ2) is 8.03. The van der Waals surface area contributed by atoms with Gasteiger partial charge in [0.2, 0.25) is 5.82 Å². The van der Waals surface area contributed by atoms with Gasteiger partial charge in [-0.1, -0.05) is 6.07 Å². The number of halogens is 3. The number of hydrogen-bond donors (Lipinski definition) is 2. The molecule has 28 heavy (non-hydrogen) atoms. The summed E-state index contributed by atoms with van der Waals surface area (Å²) >= 11 is 0. The normalized spacial score (nSPS) is 10.6. The molecule has 0 spiro atoms. The molecule has 9 heteroatoms. The summed E-state index contributed by atoms with van der Waals surface area (Å²) < 4.78 is 47.4. The first-order chi connectivity index (χ1) is 13.5. The Labute approximate surface area is 158 Å². The van der Waals surface area contributed by atoms with E-state index >= 15 is 0 Å². The van der Waals surface area contributed by atoms with E-state index in [0.29, 0.717) is 6.54 Å². The fourth-order valence-corrected chi connectivity index (χ4v) is 2.57. The lowest BCUT2D eigenvalue weighted by Crippen LogP contribution is -2.25. The van der Waals surface area contributed by atoms with Gasteiger partial charge in [0, 0.05) is 13.6 Å². The highest BCUT2D eigenvalue weighted by Gasteiger charge is 2.20. The van der Waals surface area contributed by atoms with Crippen molar-refractivity contribution in [1.82, 2.24) is 9.55 Å². The fourth-order valence-electron chi connectivity index (χ4n) is 2.57. The fraction of sp³-hybridized carbons (Fsp3) is 0.158. The summed E-state index contributed by atoms with van der Waals surface area (Å²) in [6.07, 6.45) is 0. The molecule has 0 unspecified atom stereocenters. The van der Waals surface area contributed by atoms with Gasteiger partial charge in [0.1, 0.15) is 11.5 Å². The van der Waals surface area contributed by atoms with Crippen LogP contribution in [0.15, 0.2) is 47.3 Å². The van der Waals surface area contributed by atoms with Crippen LogP contribution in [0, 0.1) is 17.5 Å². The van der Waals surface area contributed by atoms with Gasteiger partial charge in [0.25, 0.3) is 5.56 Å². The second-order valence-corrected chi connectivity index (χ2v) is 5.67. The minimum Gasteiger partial charge on any atom is -0.422 e. The van der Waals surface area contributed by atoms with Crippen molar-refractivity contribution in [2.45, 2.75) is 6.92 Å². The summed E-state index contributed by atoms with van der Waals surface area (Å²) in [6.45, 7) is 2.26. The Kier molecular flexibility index (Phi) is 5.53. The van der Waals surface area contributed by atoms with Crippen molar-refractivity contribution in [3.8, 4) is 17.4 Å². The number of rotatable bonds is 6. The molecule has 0 radical (unpaired) electrons. The number of ether oxygens (including phenoxy) is 1. The maximum Gasteiger partial charge on any atom is 0.311 e. The van der Waals surface area contributed by atoms with Crippen LogP contribution in [0.5, 0.6) is 11.8 Å². The number of nitrogens with zero attached hydrogens (tertiary/aromatic N) is 2. The topological polar surface area (TPSA) is 68.2 Å². The summed E-state index contributed by atoms with van der Waals surface area (Å²) in [5.41, 5.74) is -0.185. The first kappa shape index (κ1) is 19.3. The van der Waals surface area contributed by atoms with Crippen LogP contribution in [0.4, 0.5) is 24.7 Å². The van der Waals surface area contributed by atoms with Crippen molar-refractivity contribution in [2.75, 3.05) is 24.2 Å². The Morgan fingerprint density at radius 1 is 1.11 bits per heavy atom. The van der Waals surface area contributed by atoms with E-state index in [9.17, 15) is 18.0 Å². The highest BCUT2D eigenvalue weighted by molar-refractivity contribution is 5.64. The molecule has 146 valence electrons. The molecule has 0 saturated carbocycles. The molecule has 0 aliphatic carbocycles. The third-order valence-electron chi connectivity index (χ3n) is 3.85. The van der Waals surface area contributed by atoms with Crippen molar-refractivity contribution in [3.05, 3.63) is 70.3 Å². The van der Waals surface area contributed by atoms with Gasteiger partial charge in [-0.05, 0) is 43.3 Å². The van der Waals surface area contributed by atoms with Gasteiger partial charge in [0.15, 0.2) is 17.4 Å². The average molecular weight is 390 g/mol. The van der Waals surface area contributed by atoms with Crippen LogP contribution in [0.2, 0.25) is 0 Å². The van der Waals surface area contributed by atoms with Gasteiger partial charge >= 0.3 is 6.01 Å². The van der Waals surface area contributed by atoms with Crippen molar-refractivity contribution < 1.29 is 17.9 Å². The molecule has 2 N–H and O–H groups in total. The lowest BCUT2D eigenvalue weighted by molar-refractivity contribution is 0.383. The van der Waals surface area contributed by atoms with Gasteiger partial charge in [-0.15, -0.1) is 0 Å². The Balaban J connectivity index is 2.24. The summed E-state index contributed by atoms with van der Waals surface area (Å²) in [6, 6.07) is 8.11. The van der Waals surface area contributed by atoms with Crippen molar-refractivity contribution >= 4 is 11.5 Å². The van der Waals surface area contributed by atoms with E-state index in [0.717, 1.165) is 22.8 Å². The summed E-state index contributed by atoms with van der Waals surface area (Å²) in [7, 11) is 1.54. The van der Waals surface area contributed by atoms with Crippen LogP contribution in [0.3, 0.4) is 0 Å². The van der Waals surface area contributed by atoms with E-state index in [4.69, 9.17) is 4.74 Å². The zero-order chi connectivity index (χ0) is 20.3. The average Bonchev–Trinajstić information content (AvgIpc) is 2.67. The molecular formula is C19H17F3N4O2. The maximum absolute atomic E-state index is 14.1. The van der Waals surface area contributed by atoms with E-state index in [1.165, 1.54) is 24.3 Å². The Morgan fingerprint density at radius 2 is 1.82 bits per heavy atom. The molecule has 1 heterocycles. The quantitative estimate of drug-likeness (QED) is 0.668. The molecule has 0 atom stereocenters. The molecule has 2 aromatic carbocycles. The molecule has 1 aromatic heterocycles. The number of hydrogen-bond acceptors (Lipinski definition) is 5. The molecule has 0 aliphatic heterocycles. The van der Waals surface area contributed by atoms with E-state index < -0.39 is 28.8 Å². The summed E-state index contributed by atoms with van der Waals surface area (Å²) in [5.74, 6) is -3.08. The van der Waals surface area contributed by atoms with E-state index in [2.05, 4.69) is 15.6 Å². The van der Waals surface area contributed by atoms with Crippen LogP contribution in [-0.4, -0.2) is 23.1 Å². The van der Waals surface area contributed by atoms with E-state index in [-0.39, 0.29) is 23.2 Å². The van der Waals surface area contributed by atoms with Gasteiger partial charge in [-0.25, -0.2) is 13.3 Å². The lowest BCUT2D eigenvalue weighted by atomic mass is 10.3. The molecule has 0 bridgehead atoms.